The Balaban J connectivity index is 1.47. The second-order valence-electron chi connectivity index (χ2n) is 7.15. The molecule has 0 aromatic heterocycles. The average molecular weight is 360 g/mol. The number of urea groups is 1. The summed E-state index contributed by atoms with van der Waals surface area (Å²) in [6.07, 6.45) is 6.05. The molecule has 0 unspecified atom stereocenters. The van der Waals surface area contributed by atoms with E-state index in [1.165, 1.54) is 6.07 Å². The summed E-state index contributed by atoms with van der Waals surface area (Å²) in [5.74, 6) is -1.23. The van der Waals surface area contributed by atoms with Crippen LogP contribution in [-0.2, 0) is 4.79 Å². The maximum Gasteiger partial charge on any atom is 0.317 e. The molecule has 0 spiro atoms. The number of carbonyl (C=O) groups excluding carboxylic acids is 1. The molecule has 1 saturated carbocycles. The van der Waals surface area contributed by atoms with Crippen molar-refractivity contribution in [2.24, 2.45) is 5.92 Å². The second kappa shape index (κ2) is 8.34. The van der Waals surface area contributed by atoms with Gasteiger partial charge in [0.25, 0.3) is 0 Å². The highest BCUT2D eigenvalue weighted by Crippen LogP contribution is 2.25. The molecular weight excluding hydrogens is 335 g/mol. The normalized spacial score (nSPS) is 23.4. The molecule has 6 heteroatoms. The summed E-state index contributed by atoms with van der Waals surface area (Å²) in [5.41, 5.74) is 1.75. The maximum absolute atomic E-state index is 13.7. The Bertz CT molecular complexity index is 686. The number of hydrogen-bond acceptors (Lipinski definition) is 2. The first-order chi connectivity index (χ1) is 12.5. The monoisotopic (exact) mass is 360 g/mol. The van der Waals surface area contributed by atoms with Gasteiger partial charge in [-0.15, -0.1) is 0 Å². The molecule has 0 bridgehead atoms. The SMILES string of the molecule is O=C(O)C1CCC(NC(=O)N2CCC(=Cc3ccccc3F)CC2)CC1. The number of carboxylic acids is 1. The van der Waals surface area contributed by atoms with Crippen LogP contribution >= 0.6 is 0 Å². The summed E-state index contributed by atoms with van der Waals surface area (Å²) in [4.78, 5) is 25.2. The van der Waals surface area contributed by atoms with E-state index in [2.05, 4.69) is 5.32 Å². The Morgan fingerprint density at radius 2 is 1.77 bits per heavy atom. The van der Waals surface area contributed by atoms with Crippen LogP contribution in [0.5, 0.6) is 0 Å². The maximum atomic E-state index is 13.7. The van der Waals surface area contributed by atoms with Crippen molar-refractivity contribution < 1.29 is 19.1 Å². The van der Waals surface area contributed by atoms with Crippen molar-refractivity contribution >= 4 is 18.1 Å². The van der Waals surface area contributed by atoms with Crippen LogP contribution in [-0.4, -0.2) is 41.1 Å². The Morgan fingerprint density at radius 3 is 2.38 bits per heavy atom. The first kappa shape index (κ1) is 18.4. The van der Waals surface area contributed by atoms with Crippen LogP contribution in [0.25, 0.3) is 6.08 Å². The zero-order valence-corrected chi connectivity index (χ0v) is 14.8. The number of rotatable bonds is 3. The summed E-state index contributed by atoms with van der Waals surface area (Å²) in [7, 11) is 0. The van der Waals surface area contributed by atoms with E-state index in [0.717, 1.165) is 31.3 Å². The van der Waals surface area contributed by atoms with Crippen molar-refractivity contribution in [2.45, 2.75) is 44.6 Å². The van der Waals surface area contributed by atoms with Gasteiger partial charge in [-0.1, -0.05) is 29.8 Å². The molecule has 2 amide bonds. The minimum Gasteiger partial charge on any atom is -0.481 e. The third-order valence-corrected chi connectivity index (χ3v) is 5.36. The van der Waals surface area contributed by atoms with Crippen LogP contribution < -0.4 is 5.32 Å². The van der Waals surface area contributed by atoms with E-state index < -0.39 is 5.97 Å². The first-order valence-electron chi connectivity index (χ1n) is 9.25. The van der Waals surface area contributed by atoms with E-state index in [9.17, 15) is 14.0 Å². The first-order valence-corrected chi connectivity index (χ1v) is 9.25. The Morgan fingerprint density at radius 1 is 1.12 bits per heavy atom. The fraction of sp³-hybridized carbons (Fsp3) is 0.500. The highest BCUT2D eigenvalue weighted by molar-refractivity contribution is 5.75. The molecule has 1 aromatic rings. The predicted octanol–water partition coefficient (Wildman–Crippen LogP) is 3.66. The predicted molar refractivity (Wildman–Crippen MR) is 97.1 cm³/mol. The average Bonchev–Trinajstić information content (AvgIpc) is 2.64. The molecule has 1 aliphatic heterocycles. The zero-order chi connectivity index (χ0) is 18.5. The number of amides is 2. The van der Waals surface area contributed by atoms with Gasteiger partial charge in [0.05, 0.1) is 5.92 Å². The van der Waals surface area contributed by atoms with Gasteiger partial charge in [0, 0.05) is 24.7 Å². The molecule has 1 saturated heterocycles. The standard InChI is InChI=1S/C20H25FN2O3/c21-18-4-2-1-3-16(18)13-14-9-11-23(12-10-14)20(26)22-17-7-5-15(6-8-17)19(24)25/h1-4,13,15,17H,5-12H2,(H,22,26)(H,24,25). The van der Waals surface area contributed by atoms with Gasteiger partial charge in [-0.2, -0.15) is 0 Å². The smallest absolute Gasteiger partial charge is 0.317 e. The largest absolute Gasteiger partial charge is 0.481 e. The Labute approximate surface area is 152 Å². The Hall–Kier alpha value is -2.37. The van der Waals surface area contributed by atoms with Crippen molar-refractivity contribution in [1.82, 2.24) is 10.2 Å². The summed E-state index contributed by atoms with van der Waals surface area (Å²) < 4.78 is 13.7. The van der Waals surface area contributed by atoms with Crippen molar-refractivity contribution in [1.29, 1.82) is 0 Å². The topological polar surface area (TPSA) is 69.6 Å². The molecule has 2 fully saturated rings. The van der Waals surface area contributed by atoms with Crippen molar-refractivity contribution in [3.8, 4) is 0 Å². The van der Waals surface area contributed by atoms with Gasteiger partial charge in [0.1, 0.15) is 5.82 Å². The summed E-state index contributed by atoms with van der Waals surface area (Å²) >= 11 is 0. The van der Waals surface area contributed by atoms with Crippen molar-refractivity contribution in [3.05, 3.63) is 41.2 Å². The minimum atomic E-state index is -0.736. The number of carboxylic acid groups (broad SMARTS) is 1. The number of piperidine rings is 1. The fourth-order valence-corrected chi connectivity index (χ4v) is 3.70. The van der Waals surface area contributed by atoms with Gasteiger partial charge >= 0.3 is 12.0 Å². The molecule has 26 heavy (non-hydrogen) atoms. The number of halogens is 1. The lowest BCUT2D eigenvalue weighted by molar-refractivity contribution is -0.142. The second-order valence-corrected chi connectivity index (χ2v) is 7.15. The van der Waals surface area contributed by atoms with Gasteiger partial charge in [0.15, 0.2) is 0 Å². The highest BCUT2D eigenvalue weighted by Gasteiger charge is 2.28. The number of nitrogens with zero attached hydrogens (tertiary/aromatic N) is 1. The third kappa shape index (κ3) is 4.62. The van der Waals surface area contributed by atoms with Gasteiger partial charge in [-0.25, -0.2) is 9.18 Å². The van der Waals surface area contributed by atoms with Gasteiger partial charge in [-0.05, 0) is 44.6 Å². The zero-order valence-electron chi connectivity index (χ0n) is 14.8. The number of nitrogens with one attached hydrogen (secondary N) is 1. The molecule has 5 nitrogen and oxygen atoms in total. The molecule has 1 aromatic carbocycles. The van der Waals surface area contributed by atoms with Crippen LogP contribution in [0.15, 0.2) is 29.8 Å². The molecule has 140 valence electrons. The lowest BCUT2D eigenvalue weighted by Gasteiger charge is -2.32. The van der Waals surface area contributed by atoms with Crippen LogP contribution in [0.3, 0.4) is 0 Å². The van der Waals surface area contributed by atoms with Crippen LogP contribution in [0.4, 0.5) is 9.18 Å². The summed E-state index contributed by atoms with van der Waals surface area (Å²) in [5, 5.41) is 12.1. The Kier molecular flexibility index (Phi) is 5.91. The number of benzene rings is 1. The summed E-state index contributed by atoms with van der Waals surface area (Å²) in [6, 6.07) is 6.69. The van der Waals surface area contributed by atoms with E-state index in [1.54, 1.807) is 17.0 Å². The lowest BCUT2D eigenvalue weighted by atomic mass is 9.86. The van der Waals surface area contributed by atoms with Gasteiger partial charge in [0.2, 0.25) is 0 Å². The number of carbonyl (C=O) groups is 2. The van der Waals surface area contributed by atoms with Crippen LogP contribution in [0.1, 0.15) is 44.1 Å². The number of aliphatic carboxylic acids is 1. The lowest BCUT2D eigenvalue weighted by Crippen LogP contribution is -2.48. The molecule has 1 aliphatic carbocycles. The molecule has 1 heterocycles. The van der Waals surface area contributed by atoms with Crippen LogP contribution in [0.2, 0.25) is 0 Å². The van der Waals surface area contributed by atoms with E-state index in [0.29, 0.717) is 31.5 Å². The molecule has 2 aliphatic rings. The molecule has 3 rings (SSSR count). The summed E-state index contributed by atoms with van der Waals surface area (Å²) in [6.45, 7) is 1.24. The molecule has 0 atom stereocenters. The van der Waals surface area contributed by atoms with Crippen LogP contribution in [0, 0.1) is 11.7 Å². The van der Waals surface area contributed by atoms with Crippen molar-refractivity contribution in [2.75, 3.05) is 13.1 Å². The molecule has 2 N–H and O–H groups in total. The molecular formula is C20H25FN2O3. The number of likely N-dealkylation sites (tertiary alicyclic amines) is 1. The quantitative estimate of drug-likeness (QED) is 0.864. The van der Waals surface area contributed by atoms with Gasteiger partial charge in [-0.3, -0.25) is 4.79 Å². The third-order valence-electron chi connectivity index (χ3n) is 5.36. The molecule has 0 radical (unpaired) electrons. The fourth-order valence-electron chi connectivity index (χ4n) is 3.70. The number of hydrogen-bond donors (Lipinski definition) is 2. The van der Waals surface area contributed by atoms with Gasteiger partial charge < -0.3 is 15.3 Å². The van der Waals surface area contributed by atoms with E-state index in [1.807, 2.05) is 12.1 Å². The van der Waals surface area contributed by atoms with E-state index in [4.69, 9.17) is 5.11 Å². The van der Waals surface area contributed by atoms with E-state index >= 15 is 0 Å². The van der Waals surface area contributed by atoms with E-state index in [-0.39, 0.29) is 23.8 Å². The minimum absolute atomic E-state index is 0.0634. The van der Waals surface area contributed by atoms with Crippen molar-refractivity contribution in [3.63, 3.8) is 0 Å². The highest BCUT2D eigenvalue weighted by atomic mass is 19.1.